The normalized spacial score (nSPS) is 17.2. The largest absolute Gasteiger partial charge is 0.367 e. The molecule has 1 aliphatic carbocycles. The summed E-state index contributed by atoms with van der Waals surface area (Å²) in [5, 5.41) is 0. The lowest BCUT2D eigenvalue weighted by atomic mass is 9.92. The number of hydrogen-bond acceptors (Lipinski definition) is 4. The summed E-state index contributed by atoms with van der Waals surface area (Å²) in [5.74, 6) is -0.0594. The molecule has 0 unspecified atom stereocenters. The quantitative estimate of drug-likeness (QED) is 0.819. The van der Waals surface area contributed by atoms with Crippen molar-refractivity contribution in [2.75, 3.05) is 13.1 Å². The fourth-order valence-corrected chi connectivity index (χ4v) is 4.61. The fraction of sp³-hybridized carbons (Fsp3) is 0.238. The van der Waals surface area contributed by atoms with Crippen molar-refractivity contribution in [2.24, 2.45) is 0 Å². The highest BCUT2D eigenvalue weighted by Gasteiger charge is 2.36. The number of nitrogens with zero attached hydrogens (tertiary/aromatic N) is 1. The molecule has 0 atom stereocenters. The van der Waals surface area contributed by atoms with Gasteiger partial charge in [0.2, 0.25) is 11.6 Å². The summed E-state index contributed by atoms with van der Waals surface area (Å²) in [6.45, 7) is 3.71. The smallest absolute Gasteiger partial charge is 0.211 e. The van der Waals surface area contributed by atoms with Crippen LogP contribution < -0.4 is 0 Å². The topological polar surface area (TPSA) is 37.4 Å². The second-order valence-corrected chi connectivity index (χ2v) is 7.58. The zero-order chi connectivity index (χ0) is 17.4. The van der Waals surface area contributed by atoms with E-state index in [1.54, 1.807) is 12.1 Å². The number of ketones is 2. The van der Waals surface area contributed by atoms with Gasteiger partial charge in [0.1, 0.15) is 5.70 Å². The van der Waals surface area contributed by atoms with Crippen molar-refractivity contribution in [3.8, 4) is 0 Å². The first-order valence-electron chi connectivity index (χ1n) is 8.57. The predicted octanol–water partition coefficient (Wildman–Crippen LogP) is 4.47. The Morgan fingerprint density at radius 2 is 1.56 bits per heavy atom. The number of rotatable bonds is 3. The van der Waals surface area contributed by atoms with Crippen LogP contribution in [0.5, 0.6) is 0 Å². The second kappa shape index (κ2) is 6.52. The minimum Gasteiger partial charge on any atom is -0.367 e. The molecule has 1 aliphatic heterocycles. The summed E-state index contributed by atoms with van der Waals surface area (Å²) < 4.78 is 0. The van der Waals surface area contributed by atoms with Gasteiger partial charge in [-0.15, -0.1) is 0 Å². The molecule has 2 aliphatic rings. The van der Waals surface area contributed by atoms with Gasteiger partial charge in [-0.25, -0.2) is 0 Å². The monoisotopic (exact) mass is 349 g/mol. The van der Waals surface area contributed by atoms with E-state index in [0.29, 0.717) is 21.7 Å². The van der Waals surface area contributed by atoms with Gasteiger partial charge in [0.05, 0.1) is 4.91 Å². The first-order valence-corrected chi connectivity index (χ1v) is 9.39. The minimum atomic E-state index is -0.0383. The third kappa shape index (κ3) is 2.91. The van der Waals surface area contributed by atoms with Crippen LogP contribution in [-0.2, 0) is 0 Å². The fourth-order valence-electron chi connectivity index (χ4n) is 3.46. The Morgan fingerprint density at radius 1 is 0.880 bits per heavy atom. The molecular formula is C21H19NO2S. The van der Waals surface area contributed by atoms with Gasteiger partial charge in [0.15, 0.2) is 0 Å². The lowest BCUT2D eigenvalue weighted by Crippen LogP contribution is -2.31. The Hall–Kier alpha value is -2.33. The maximum atomic E-state index is 13.2. The van der Waals surface area contributed by atoms with E-state index < -0.39 is 0 Å². The number of benzene rings is 2. The number of hydrogen-bond donors (Lipinski definition) is 0. The molecule has 0 radical (unpaired) electrons. The molecular weight excluding hydrogens is 330 g/mol. The van der Waals surface area contributed by atoms with Crippen molar-refractivity contribution in [1.82, 2.24) is 4.90 Å². The molecule has 1 saturated heterocycles. The third-order valence-electron chi connectivity index (χ3n) is 4.68. The van der Waals surface area contributed by atoms with Crippen LogP contribution in [0.3, 0.4) is 0 Å². The number of thioether (sulfide) groups is 1. The average Bonchev–Trinajstić information content (AvgIpc) is 3.14. The summed E-state index contributed by atoms with van der Waals surface area (Å²) in [7, 11) is 0. The number of allylic oxidation sites excluding steroid dienone is 2. The highest BCUT2D eigenvalue weighted by atomic mass is 32.2. The highest BCUT2D eigenvalue weighted by molar-refractivity contribution is 8.04. The summed E-state index contributed by atoms with van der Waals surface area (Å²) in [5.41, 5.74) is 2.78. The number of Topliss-reactive ketones (excluding diaryl/α,β-unsaturated/α-hetero) is 2. The number of fused-ring (bicyclic) bond motifs is 1. The van der Waals surface area contributed by atoms with Crippen molar-refractivity contribution in [3.05, 3.63) is 75.8 Å². The summed E-state index contributed by atoms with van der Waals surface area (Å²) in [6.07, 6.45) is 2.13. The molecule has 25 heavy (non-hydrogen) atoms. The first-order chi connectivity index (χ1) is 12.1. The molecule has 0 bridgehead atoms. The van der Waals surface area contributed by atoms with Crippen LogP contribution in [-0.4, -0.2) is 29.6 Å². The maximum absolute atomic E-state index is 13.2. The van der Waals surface area contributed by atoms with Crippen LogP contribution >= 0.6 is 11.8 Å². The first kappa shape index (κ1) is 16.2. The van der Waals surface area contributed by atoms with Crippen LogP contribution in [0, 0.1) is 6.92 Å². The van der Waals surface area contributed by atoms with Crippen molar-refractivity contribution in [1.29, 1.82) is 0 Å². The van der Waals surface area contributed by atoms with E-state index in [4.69, 9.17) is 0 Å². The van der Waals surface area contributed by atoms with Crippen LogP contribution in [0.4, 0.5) is 0 Å². The van der Waals surface area contributed by atoms with E-state index >= 15 is 0 Å². The van der Waals surface area contributed by atoms with E-state index in [0.717, 1.165) is 36.4 Å². The number of carbonyl (C=O) groups excluding carboxylic acids is 2. The average molecular weight is 349 g/mol. The Kier molecular flexibility index (Phi) is 4.22. The molecule has 4 heteroatoms. The Bertz CT molecular complexity index is 894. The molecule has 2 aromatic carbocycles. The van der Waals surface area contributed by atoms with Crippen molar-refractivity contribution in [3.63, 3.8) is 0 Å². The van der Waals surface area contributed by atoms with Crippen LogP contribution in [0.15, 0.2) is 64.0 Å². The second-order valence-electron chi connectivity index (χ2n) is 6.49. The van der Waals surface area contributed by atoms with Crippen molar-refractivity contribution < 1.29 is 9.59 Å². The van der Waals surface area contributed by atoms with E-state index in [-0.39, 0.29) is 11.6 Å². The molecule has 0 spiro atoms. The lowest BCUT2D eigenvalue weighted by Gasteiger charge is -2.27. The molecule has 126 valence electrons. The Morgan fingerprint density at radius 3 is 2.24 bits per heavy atom. The third-order valence-corrected chi connectivity index (χ3v) is 5.76. The summed E-state index contributed by atoms with van der Waals surface area (Å²) >= 11 is 1.42. The summed E-state index contributed by atoms with van der Waals surface area (Å²) in [4.78, 5) is 30.0. The van der Waals surface area contributed by atoms with E-state index in [1.807, 2.05) is 37.3 Å². The van der Waals surface area contributed by atoms with E-state index in [2.05, 4.69) is 11.0 Å². The lowest BCUT2D eigenvalue weighted by molar-refractivity contribution is 0.0954. The standard InChI is InChI=1S/C21H19NO2S/c1-14-7-6-8-15(13-14)25-21-18(22-11-4-5-12-22)19(23)16-9-2-3-10-17(16)20(21)24/h2-3,6-10,13H,4-5,11-12H2,1H3. The van der Waals surface area contributed by atoms with E-state index in [1.165, 1.54) is 11.8 Å². The zero-order valence-corrected chi connectivity index (χ0v) is 14.9. The van der Waals surface area contributed by atoms with Crippen molar-refractivity contribution >= 4 is 23.3 Å². The van der Waals surface area contributed by atoms with Gasteiger partial charge in [-0.05, 0) is 31.9 Å². The predicted molar refractivity (Wildman–Crippen MR) is 100.0 cm³/mol. The Balaban J connectivity index is 1.84. The molecule has 0 N–H and O–H groups in total. The van der Waals surface area contributed by atoms with Gasteiger partial charge >= 0.3 is 0 Å². The number of likely N-dealkylation sites (tertiary alicyclic amines) is 1. The van der Waals surface area contributed by atoms with Gasteiger partial charge in [-0.2, -0.15) is 0 Å². The van der Waals surface area contributed by atoms with Crippen LogP contribution in [0.2, 0.25) is 0 Å². The molecule has 4 rings (SSSR count). The Labute approximate surface area is 151 Å². The van der Waals surface area contributed by atoms with Gasteiger partial charge in [-0.3, -0.25) is 9.59 Å². The molecule has 0 saturated carbocycles. The number of aryl methyl sites for hydroxylation is 1. The molecule has 3 nitrogen and oxygen atoms in total. The van der Waals surface area contributed by atoms with Gasteiger partial charge < -0.3 is 4.90 Å². The van der Waals surface area contributed by atoms with Gasteiger partial charge in [0, 0.05) is 29.1 Å². The summed E-state index contributed by atoms with van der Waals surface area (Å²) in [6, 6.07) is 15.2. The van der Waals surface area contributed by atoms with Crippen LogP contribution in [0.25, 0.3) is 0 Å². The number of carbonyl (C=O) groups is 2. The molecule has 1 fully saturated rings. The minimum absolute atomic E-state index is 0.0211. The van der Waals surface area contributed by atoms with E-state index in [9.17, 15) is 9.59 Å². The van der Waals surface area contributed by atoms with Crippen molar-refractivity contribution in [2.45, 2.75) is 24.7 Å². The van der Waals surface area contributed by atoms with Gasteiger partial charge in [0.25, 0.3) is 0 Å². The van der Waals surface area contributed by atoms with Crippen LogP contribution in [0.1, 0.15) is 39.1 Å². The molecule has 2 aromatic rings. The SMILES string of the molecule is Cc1cccc(SC2=C(N3CCCC3)C(=O)c3ccccc3C2=O)c1. The molecule has 0 aromatic heterocycles. The van der Waals surface area contributed by atoms with Gasteiger partial charge in [-0.1, -0.05) is 53.7 Å². The maximum Gasteiger partial charge on any atom is 0.211 e. The molecule has 0 amide bonds. The molecule has 1 heterocycles. The highest BCUT2D eigenvalue weighted by Crippen LogP contribution is 2.39. The zero-order valence-electron chi connectivity index (χ0n) is 14.1.